The van der Waals surface area contributed by atoms with Crippen LogP contribution in [-0.2, 0) is 4.79 Å². The third-order valence-corrected chi connectivity index (χ3v) is 3.81. The zero-order chi connectivity index (χ0) is 15.6. The minimum Gasteiger partial charge on any atom is -0.481 e. The van der Waals surface area contributed by atoms with Crippen LogP contribution in [-0.4, -0.2) is 31.6 Å². The number of hydrogen-bond acceptors (Lipinski definition) is 4. The summed E-state index contributed by atoms with van der Waals surface area (Å²) in [4.78, 5) is 10.7. The number of rotatable bonds is 5. The molecule has 1 N–H and O–H groups in total. The van der Waals surface area contributed by atoms with Gasteiger partial charge in [0.05, 0.1) is 5.75 Å². The fourth-order valence-electron chi connectivity index (χ4n) is 1.89. The van der Waals surface area contributed by atoms with E-state index in [9.17, 15) is 9.18 Å². The summed E-state index contributed by atoms with van der Waals surface area (Å²) in [5.74, 6) is -0.472. The van der Waals surface area contributed by atoms with E-state index >= 15 is 0 Å². The van der Waals surface area contributed by atoms with E-state index in [0.717, 1.165) is 17.4 Å². The number of halogens is 1. The number of aromatic nitrogens is 3. The lowest BCUT2D eigenvalue weighted by molar-refractivity contribution is -0.133. The number of carboxylic acids is 1. The topological polar surface area (TPSA) is 68.0 Å². The van der Waals surface area contributed by atoms with Gasteiger partial charge < -0.3 is 5.11 Å². The van der Waals surface area contributed by atoms with Gasteiger partial charge in [-0.3, -0.25) is 9.36 Å². The lowest BCUT2D eigenvalue weighted by atomic mass is 10.2. The number of nitrogens with zero attached hydrogens (tertiary/aromatic N) is 3. The van der Waals surface area contributed by atoms with Crippen molar-refractivity contribution in [2.75, 3.05) is 5.75 Å². The normalized spacial score (nSPS) is 11.1. The summed E-state index contributed by atoms with van der Waals surface area (Å²) >= 11 is 1.09. The smallest absolute Gasteiger partial charge is 0.313 e. The lowest BCUT2D eigenvalue weighted by Gasteiger charge is -2.12. The monoisotopic (exact) mass is 309 g/mol. The number of aryl methyl sites for hydroxylation is 1. The van der Waals surface area contributed by atoms with Gasteiger partial charge in [0.1, 0.15) is 11.6 Å². The Bertz CT molecular complexity index is 670. The highest BCUT2D eigenvalue weighted by atomic mass is 32.2. The van der Waals surface area contributed by atoms with Crippen molar-refractivity contribution >= 4 is 17.7 Å². The second-order valence-corrected chi connectivity index (χ2v) is 5.89. The van der Waals surface area contributed by atoms with Gasteiger partial charge in [-0.1, -0.05) is 25.6 Å². The Morgan fingerprint density at radius 3 is 2.71 bits per heavy atom. The predicted octanol–water partition coefficient (Wildman–Crippen LogP) is 3.01. The van der Waals surface area contributed by atoms with Crippen LogP contribution in [0.2, 0.25) is 0 Å². The molecule has 0 fully saturated rings. The summed E-state index contributed by atoms with van der Waals surface area (Å²) in [5, 5.41) is 17.5. The largest absolute Gasteiger partial charge is 0.481 e. The van der Waals surface area contributed by atoms with Crippen LogP contribution in [0.4, 0.5) is 4.39 Å². The first kappa shape index (κ1) is 15.5. The molecule has 2 rings (SSSR count). The number of hydrogen-bond donors (Lipinski definition) is 1. The van der Waals surface area contributed by atoms with Crippen LogP contribution in [0, 0.1) is 12.7 Å². The van der Waals surface area contributed by atoms with Crippen molar-refractivity contribution in [3.8, 4) is 5.69 Å². The molecule has 0 saturated carbocycles. The van der Waals surface area contributed by atoms with Crippen LogP contribution >= 0.6 is 11.8 Å². The van der Waals surface area contributed by atoms with E-state index in [4.69, 9.17) is 5.11 Å². The quantitative estimate of drug-likeness (QED) is 0.860. The van der Waals surface area contributed by atoms with E-state index in [1.165, 1.54) is 6.07 Å². The molecule has 0 radical (unpaired) electrons. The highest BCUT2D eigenvalue weighted by molar-refractivity contribution is 7.99. The van der Waals surface area contributed by atoms with Crippen molar-refractivity contribution < 1.29 is 14.3 Å². The molecule has 1 aromatic carbocycles. The Morgan fingerprint density at radius 2 is 2.14 bits per heavy atom. The van der Waals surface area contributed by atoms with Gasteiger partial charge >= 0.3 is 5.97 Å². The molecule has 112 valence electrons. The average molecular weight is 309 g/mol. The molecular weight excluding hydrogens is 293 g/mol. The Labute approximate surface area is 126 Å². The van der Waals surface area contributed by atoms with E-state index in [-0.39, 0.29) is 17.5 Å². The number of carbonyl (C=O) groups is 1. The van der Waals surface area contributed by atoms with Crippen LogP contribution in [0.25, 0.3) is 5.69 Å². The maximum atomic E-state index is 13.4. The van der Waals surface area contributed by atoms with Crippen molar-refractivity contribution in [3.63, 3.8) is 0 Å². The second-order valence-electron chi connectivity index (χ2n) is 4.95. The molecule has 0 aliphatic rings. The van der Waals surface area contributed by atoms with E-state index < -0.39 is 5.97 Å². The van der Waals surface area contributed by atoms with Gasteiger partial charge in [0.15, 0.2) is 5.16 Å². The Balaban J connectivity index is 2.49. The van der Waals surface area contributed by atoms with Crippen molar-refractivity contribution in [2.24, 2.45) is 0 Å². The van der Waals surface area contributed by atoms with Crippen LogP contribution < -0.4 is 0 Å². The van der Waals surface area contributed by atoms with E-state index in [1.807, 2.05) is 13.8 Å². The number of carboxylic acid groups (broad SMARTS) is 1. The van der Waals surface area contributed by atoms with Gasteiger partial charge in [0, 0.05) is 11.6 Å². The fourth-order valence-corrected chi connectivity index (χ4v) is 2.56. The molecule has 2 aromatic rings. The molecule has 0 saturated heterocycles. The summed E-state index contributed by atoms with van der Waals surface area (Å²) in [6, 6.07) is 4.73. The molecule has 7 heteroatoms. The minimum absolute atomic E-state index is 0.101. The first-order valence-corrected chi connectivity index (χ1v) is 7.45. The maximum absolute atomic E-state index is 13.4. The van der Waals surface area contributed by atoms with Crippen molar-refractivity contribution in [3.05, 3.63) is 35.4 Å². The highest BCUT2D eigenvalue weighted by Gasteiger charge is 2.18. The van der Waals surface area contributed by atoms with Crippen molar-refractivity contribution in [1.82, 2.24) is 14.8 Å². The highest BCUT2D eigenvalue weighted by Crippen LogP contribution is 2.26. The summed E-state index contributed by atoms with van der Waals surface area (Å²) in [5.41, 5.74) is 1.25. The van der Waals surface area contributed by atoms with Gasteiger partial charge in [0.25, 0.3) is 0 Å². The van der Waals surface area contributed by atoms with Crippen LogP contribution in [0.5, 0.6) is 0 Å². The summed E-state index contributed by atoms with van der Waals surface area (Å²) in [6.45, 7) is 5.63. The number of thioether (sulfide) groups is 1. The molecule has 0 amide bonds. The SMILES string of the molecule is Cc1cc(-n2c(SCC(=O)O)nnc2C(C)C)ccc1F. The molecule has 0 bridgehead atoms. The Hall–Kier alpha value is -1.89. The third-order valence-electron chi connectivity index (χ3n) is 2.90. The summed E-state index contributed by atoms with van der Waals surface area (Å²) in [6.07, 6.45) is 0. The average Bonchev–Trinajstić information content (AvgIpc) is 2.83. The molecule has 0 aliphatic heterocycles. The van der Waals surface area contributed by atoms with Crippen molar-refractivity contribution in [1.29, 1.82) is 0 Å². The van der Waals surface area contributed by atoms with Crippen LogP contribution in [0.15, 0.2) is 23.4 Å². The molecule has 0 spiro atoms. The summed E-state index contributed by atoms with van der Waals surface area (Å²) < 4.78 is 15.2. The zero-order valence-corrected chi connectivity index (χ0v) is 12.8. The fraction of sp³-hybridized carbons (Fsp3) is 0.357. The van der Waals surface area contributed by atoms with Crippen molar-refractivity contribution in [2.45, 2.75) is 31.8 Å². The lowest BCUT2D eigenvalue weighted by Crippen LogP contribution is -2.06. The van der Waals surface area contributed by atoms with Crippen LogP contribution in [0.3, 0.4) is 0 Å². The Morgan fingerprint density at radius 1 is 1.43 bits per heavy atom. The van der Waals surface area contributed by atoms with E-state index in [0.29, 0.717) is 16.5 Å². The molecule has 21 heavy (non-hydrogen) atoms. The van der Waals surface area contributed by atoms with Gasteiger partial charge in [-0.25, -0.2) is 4.39 Å². The zero-order valence-electron chi connectivity index (χ0n) is 12.0. The molecule has 0 aliphatic carbocycles. The molecule has 0 unspecified atom stereocenters. The summed E-state index contributed by atoms with van der Waals surface area (Å²) in [7, 11) is 0. The molecule has 1 aromatic heterocycles. The van der Waals surface area contributed by atoms with Gasteiger partial charge in [-0.2, -0.15) is 0 Å². The van der Waals surface area contributed by atoms with Gasteiger partial charge in [-0.05, 0) is 30.7 Å². The van der Waals surface area contributed by atoms with Crippen LogP contribution in [0.1, 0.15) is 31.2 Å². The molecular formula is C14H16FN3O2S. The van der Waals surface area contributed by atoms with Gasteiger partial charge in [0.2, 0.25) is 0 Å². The maximum Gasteiger partial charge on any atom is 0.313 e. The minimum atomic E-state index is -0.920. The Kier molecular flexibility index (Phi) is 4.62. The van der Waals surface area contributed by atoms with E-state index in [1.54, 1.807) is 23.6 Å². The molecule has 5 nitrogen and oxygen atoms in total. The molecule has 0 atom stereocenters. The first-order chi connectivity index (χ1) is 9.90. The van der Waals surface area contributed by atoms with Gasteiger partial charge in [-0.15, -0.1) is 10.2 Å². The number of benzene rings is 1. The third kappa shape index (κ3) is 3.41. The van der Waals surface area contributed by atoms with E-state index in [2.05, 4.69) is 10.2 Å². The first-order valence-electron chi connectivity index (χ1n) is 6.46. The number of aliphatic carboxylic acids is 1. The predicted molar refractivity (Wildman–Crippen MR) is 78.5 cm³/mol. The molecule has 1 heterocycles. The standard InChI is InChI=1S/C14H16FN3O2S/c1-8(2)13-16-17-14(21-7-12(19)20)18(13)10-4-5-11(15)9(3)6-10/h4-6,8H,7H2,1-3H3,(H,19,20). The second kappa shape index (κ2) is 6.26.